The third kappa shape index (κ3) is 3.63. The van der Waals surface area contributed by atoms with Crippen molar-refractivity contribution in [3.8, 4) is 0 Å². The lowest BCUT2D eigenvalue weighted by Crippen LogP contribution is -2.46. The van der Waals surface area contributed by atoms with Gasteiger partial charge >= 0.3 is 6.09 Å². The van der Waals surface area contributed by atoms with Crippen LogP contribution in [0.3, 0.4) is 0 Å². The molecule has 0 bridgehead atoms. The predicted molar refractivity (Wildman–Crippen MR) is 111 cm³/mol. The number of nitrogens with zero attached hydrogens (tertiary/aromatic N) is 2. The number of piperidine rings is 1. The summed E-state index contributed by atoms with van der Waals surface area (Å²) in [4.78, 5) is 16.7. The Labute approximate surface area is 171 Å². The zero-order chi connectivity index (χ0) is 19.1. The molecule has 0 radical (unpaired) electrons. The van der Waals surface area contributed by atoms with Crippen molar-refractivity contribution in [1.29, 1.82) is 0 Å². The zero-order valence-corrected chi connectivity index (χ0v) is 16.7. The molecule has 0 aromatic heterocycles. The van der Waals surface area contributed by atoms with Crippen LogP contribution in [0.25, 0.3) is 0 Å². The molecule has 2 heterocycles. The fourth-order valence-electron chi connectivity index (χ4n) is 4.49. The number of rotatable bonds is 4. The molecule has 5 heteroatoms. The van der Waals surface area contributed by atoms with Crippen molar-refractivity contribution in [3.05, 3.63) is 64.7 Å². The Morgan fingerprint density at radius 1 is 1.07 bits per heavy atom. The second kappa shape index (κ2) is 7.09. The molecule has 2 aromatic rings. The van der Waals surface area contributed by atoms with Crippen LogP contribution in [0, 0.1) is 0 Å². The average Bonchev–Trinajstić information content (AvgIpc) is 3.49. The van der Waals surface area contributed by atoms with Crippen LogP contribution in [-0.4, -0.2) is 36.2 Å². The summed E-state index contributed by atoms with van der Waals surface area (Å²) in [5.41, 5.74) is 3.24. The maximum atomic E-state index is 12.4. The molecule has 3 fully saturated rings. The van der Waals surface area contributed by atoms with Crippen LogP contribution in [0.4, 0.5) is 10.5 Å². The Kier molecular flexibility index (Phi) is 4.56. The summed E-state index contributed by atoms with van der Waals surface area (Å²) in [6, 6.07) is 16.3. The average molecular weight is 397 g/mol. The summed E-state index contributed by atoms with van der Waals surface area (Å²) in [6.45, 7) is 3.42. The SMILES string of the molecule is O=C1OC2(CCN(Cc3cc(Cl)cc(C4CC4)c3)CC2)CN1c1ccccc1. The minimum atomic E-state index is -0.350. The zero-order valence-electron chi connectivity index (χ0n) is 15.9. The summed E-state index contributed by atoms with van der Waals surface area (Å²) in [6.07, 6.45) is 4.10. The predicted octanol–water partition coefficient (Wildman–Crippen LogP) is 5.21. The minimum Gasteiger partial charge on any atom is -0.441 e. The maximum absolute atomic E-state index is 12.4. The summed E-state index contributed by atoms with van der Waals surface area (Å²) in [5, 5.41) is 0.844. The summed E-state index contributed by atoms with van der Waals surface area (Å²) in [5.74, 6) is 0.712. The quantitative estimate of drug-likeness (QED) is 0.711. The van der Waals surface area contributed by atoms with E-state index in [0.717, 1.165) is 43.2 Å². The maximum Gasteiger partial charge on any atom is 0.415 e. The lowest BCUT2D eigenvalue weighted by molar-refractivity contribution is -0.000975. The minimum absolute atomic E-state index is 0.219. The van der Waals surface area contributed by atoms with Crippen LogP contribution in [0.5, 0.6) is 0 Å². The van der Waals surface area contributed by atoms with E-state index in [4.69, 9.17) is 16.3 Å². The Morgan fingerprint density at radius 3 is 2.54 bits per heavy atom. The van der Waals surface area contributed by atoms with Crippen molar-refractivity contribution in [3.63, 3.8) is 0 Å². The highest BCUT2D eigenvalue weighted by Gasteiger charge is 2.47. The summed E-state index contributed by atoms with van der Waals surface area (Å²) >= 11 is 6.35. The van der Waals surface area contributed by atoms with E-state index in [1.54, 1.807) is 4.90 Å². The van der Waals surface area contributed by atoms with Gasteiger partial charge in [-0.05, 0) is 54.2 Å². The number of ether oxygens (including phenoxy) is 1. The van der Waals surface area contributed by atoms with Crippen LogP contribution in [0.15, 0.2) is 48.5 Å². The van der Waals surface area contributed by atoms with Gasteiger partial charge in [0.05, 0.1) is 6.54 Å². The van der Waals surface area contributed by atoms with Crippen LogP contribution in [0.2, 0.25) is 5.02 Å². The van der Waals surface area contributed by atoms with Gasteiger partial charge in [0.1, 0.15) is 5.60 Å². The van der Waals surface area contributed by atoms with Crippen molar-refractivity contribution >= 4 is 23.4 Å². The number of anilines is 1. The highest BCUT2D eigenvalue weighted by molar-refractivity contribution is 6.30. The molecular formula is C23H25ClN2O2. The molecule has 0 atom stereocenters. The van der Waals surface area contributed by atoms with E-state index in [0.29, 0.717) is 12.5 Å². The molecule has 1 amide bonds. The van der Waals surface area contributed by atoms with Crippen LogP contribution >= 0.6 is 11.6 Å². The van der Waals surface area contributed by atoms with E-state index in [1.807, 2.05) is 30.3 Å². The topological polar surface area (TPSA) is 32.8 Å². The van der Waals surface area contributed by atoms with Crippen molar-refractivity contribution < 1.29 is 9.53 Å². The van der Waals surface area contributed by atoms with E-state index >= 15 is 0 Å². The van der Waals surface area contributed by atoms with Crippen molar-refractivity contribution in [2.24, 2.45) is 0 Å². The molecule has 4 nitrogen and oxygen atoms in total. The number of carbonyl (C=O) groups is 1. The van der Waals surface area contributed by atoms with Gasteiger partial charge in [-0.3, -0.25) is 9.80 Å². The van der Waals surface area contributed by atoms with Crippen molar-refractivity contribution in [2.45, 2.75) is 43.7 Å². The standard InChI is InChI=1S/C23H25ClN2O2/c24-20-13-17(12-19(14-20)18-6-7-18)15-25-10-8-23(9-11-25)16-26(22(27)28-23)21-4-2-1-3-5-21/h1-5,12-14,18H,6-11,15-16H2. The third-order valence-corrected chi connectivity index (χ3v) is 6.46. The number of para-hydroxylation sites is 1. The number of carbonyl (C=O) groups excluding carboxylic acids is 1. The summed E-state index contributed by atoms with van der Waals surface area (Å²) in [7, 11) is 0. The van der Waals surface area contributed by atoms with Gasteiger partial charge in [0, 0.05) is 43.2 Å². The van der Waals surface area contributed by atoms with Gasteiger partial charge in [0.2, 0.25) is 0 Å². The lowest BCUT2D eigenvalue weighted by Gasteiger charge is -2.37. The first kappa shape index (κ1) is 18.0. The van der Waals surface area contributed by atoms with E-state index in [-0.39, 0.29) is 11.7 Å². The number of amides is 1. The van der Waals surface area contributed by atoms with Gasteiger partial charge in [-0.1, -0.05) is 35.9 Å². The first-order valence-electron chi connectivity index (χ1n) is 10.2. The van der Waals surface area contributed by atoms with Gasteiger partial charge in [0.25, 0.3) is 0 Å². The number of halogens is 1. The van der Waals surface area contributed by atoms with Gasteiger partial charge < -0.3 is 4.74 Å². The van der Waals surface area contributed by atoms with E-state index in [2.05, 4.69) is 23.1 Å². The first-order valence-corrected chi connectivity index (χ1v) is 10.6. The molecular weight excluding hydrogens is 372 g/mol. The van der Waals surface area contributed by atoms with Gasteiger partial charge in [-0.15, -0.1) is 0 Å². The summed E-state index contributed by atoms with van der Waals surface area (Å²) < 4.78 is 5.87. The highest BCUT2D eigenvalue weighted by atomic mass is 35.5. The second-order valence-electron chi connectivity index (χ2n) is 8.42. The van der Waals surface area contributed by atoms with E-state index < -0.39 is 0 Å². The Balaban J connectivity index is 1.23. The fraction of sp³-hybridized carbons (Fsp3) is 0.435. The molecule has 1 saturated carbocycles. The molecule has 1 aliphatic carbocycles. The molecule has 0 N–H and O–H groups in total. The number of hydrogen-bond acceptors (Lipinski definition) is 3. The third-order valence-electron chi connectivity index (χ3n) is 6.24. The normalized spacial score (nSPS) is 21.9. The van der Waals surface area contributed by atoms with Gasteiger partial charge in [-0.2, -0.15) is 0 Å². The molecule has 2 saturated heterocycles. The van der Waals surface area contributed by atoms with Gasteiger partial charge in [0.15, 0.2) is 0 Å². The largest absolute Gasteiger partial charge is 0.441 e. The number of hydrogen-bond donors (Lipinski definition) is 0. The van der Waals surface area contributed by atoms with Crippen LogP contribution in [0.1, 0.15) is 42.7 Å². The molecule has 146 valence electrons. The van der Waals surface area contributed by atoms with Crippen molar-refractivity contribution in [2.75, 3.05) is 24.5 Å². The molecule has 28 heavy (non-hydrogen) atoms. The monoisotopic (exact) mass is 396 g/mol. The smallest absolute Gasteiger partial charge is 0.415 e. The number of likely N-dealkylation sites (tertiary alicyclic amines) is 1. The van der Waals surface area contributed by atoms with E-state index in [1.165, 1.54) is 24.0 Å². The van der Waals surface area contributed by atoms with Crippen molar-refractivity contribution in [1.82, 2.24) is 4.90 Å². The van der Waals surface area contributed by atoms with Crippen LogP contribution < -0.4 is 4.90 Å². The Bertz CT molecular complexity index is 873. The second-order valence-corrected chi connectivity index (χ2v) is 8.85. The molecule has 3 aliphatic rings. The fourth-order valence-corrected chi connectivity index (χ4v) is 4.75. The van der Waals surface area contributed by atoms with E-state index in [9.17, 15) is 4.79 Å². The number of benzene rings is 2. The highest BCUT2D eigenvalue weighted by Crippen LogP contribution is 2.41. The Morgan fingerprint density at radius 2 is 1.82 bits per heavy atom. The molecule has 2 aliphatic heterocycles. The molecule has 1 spiro atoms. The van der Waals surface area contributed by atoms with Gasteiger partial charge in [-0.25, -0.2) is 4.79 Å². The molecule has 5 rings (SSSR count). The Hall–Kier alpha value is -2.04. The molecule has 0 unspecified atom stereocenters. The molecule has 2 aromatic carbocycles. The first-order chi connectivity index (χ1) is 13.6. The van der Waals surface area contributed by atoms with Crippen LogP contribution in [-0.2, 0) is 11.3 Å². The lowest BCUT2D eigenvalue weighted by atomic mass is 9.91.